The molecule has 1 amide bonds. The van der Waals surface area contributed by atoms with E-state index in [0.717, 1.165) is 5.56 Å². The summed E-state index contributed by atoms with van der Waals surface area (Å²) in [5.41, 5.74) is 2.06. The van der Waals surface area contributed by atoms with Crippen LogP contribution in [0.4, 0.5) is 0 Å². The fraction of sp³-hybridized carbons (Fsp3) is 0.222. The van der Waals surface area contributed by atoms with Crippen LogP contribution in [0.15, 0.2) is 42.5 Å². The molecule has 1 aliphatic heterocycles. The molecule has 0 unspecified atom stereocenters. The lowest BCUT2D eigenvalue weighted by molar-refractivity contribution is 0.0728. The number of carbonyl (C=O) groups is 2. The van der Waals surface area contributed by atoms with Crippen molar-refractivity contribution < 1.29 is 19.1 Å². The van der Waals surface area contributed by atoms with Gasteiger partial charge in [-0.1, -0.05) is 18.2 Å². The third kappa shape index (κ3) is 2.77. The highest BCUT2D eigenvalue weighted by Crippen LogP contribution is 2.27. The van der Waals surface area contributed by atoms with Crippen molar-refractivity contribution in [2.45, 2.75) is 6.54 Å². The summed E-state index contributed by atoms with van der Waals surface area (Å²) in [6.07, 6.45) is 0. The highest BCUT2D eigenvalue weighted by atomic mass is 16.5. The van der Waals surface area contributed by atoms with Crippen LogP contribution in [0.2, 0.25) is 0 Å². The van der Waals surface area contributed by atoms with Gasteiger partial charge in [0.2, 0.25) is 0 Å². The van der Waals surface area contributed by atoms with Crippen molar-refractivity contribution in [3.05, 3.63) is 59.2 Å². The summed E-state index contributed by atoms with van der Waals surface area (Å²) in [5.74, 6) is 0.786. The first kappa shape index (κ1) is 15.1. The molecule has 2 aromatic rings. The lowest BCUT2D eigenvalue weighted by atomic mass is 10.1. The van der Waals surface area contributed by atoms with E-state index in [0.29, 0.717) is 29.2 Å². The van der Waals surface area contributed by atoms with E-state index in [1.54, 1.807) is 36.3 Å². The van der Waals surface area contributed by atoms with Crippen molar-refractivity contribution in [1.82, 2.24) is 4.90 Å². The lowest BCUT2D eigenvalue weighted by Crippen LogP contribution is -2.30. The molecule has 0 radical (unpaired) electrons. The summed E-state index contributed by atoms with van der Waals surface area (Å²) in [6.45, 7) is 0.482. The number of hydrogen-bond donors (Lipinski definition) is 0. The summed E-state index contributed by atoms with van der Waals surface area (Å²) >= 11 is 0. The smallest absolute Gasteiger partial charge is 0.254 e. The van der Waals surface area contributed by atoms with Crippen LogP contribution in [0.25, 0.3) is 0 Å². The molecule has 0 aromatic heterocycles. The van der Waals surface area contributed by atoms with E-state index in [9.17, 15) is 9.59 Å². The predicted octanol–water partition coefficient (Wildman–Crippen LogP) is 2.54. The minimum atomic E-state index is -0.161. The largest absolute Gasteiger partial charge is 0.497 e. The second kappa shape index (κ2) is 6.12. The van der Waals surface area contributed by atoms with Crippen LogP contribution in [-0.4, -0.2) is 37.4 Å². The lowest BCUT2D eigenvalue weighted by Gasteiger charge is -2.16. The van der Waals surface area contributed by atoms with Gasteiger partial charge in [0, 0.05) is 18.2 Å². The number of benzene rings is 2. The Balaban J connectivity index is 1.80. The predicted molar refractivity (Wildman–Crippen MR) is 85.1 cm³/mol. The Morgan fingerprint density at radius 2 is 1.91 bits per heavy atom. The number of fused-ring (bicyclic) bond motifs is 1. The Hall–Kier alpha value is -2.82. The van der Waals surface area contributed by atoms with Gasteiger partial charge >= 0.3 is 0 Å². The average molecular weight is 311 g/mol. The first-order chi connectivity index (χ1) is 11.1. The standard InChI is InChI=1S/C18H17NO4/c1-22-13-7-8-15(17(9-13)23-2)16(20)11-19-10-12-5-3-4-6-14(12)18(19)21/h3-9H,10-11H2,1-2H3. The Labute approximate surface area is 134 Å². The van der Waals surface area contributed by atoms with Crippen molar-refractivity contribution in [1.29, 1.82) is 0 Å². The van der Waals surface area contributed by atoms with E-state index in [1.165, 1.54) is 7.11 Å². The quantitative estimate of drug-likeness (QED) is 0.796. The van der Waals surface area contributed by atoms with Gasteiger partial charge in [-0.15, -0.1) is 0 Å². The third-order valence-electron chi connectivity index (χ3n) is 3.94. The molecule has 118 valence electrons. The fourth-order valence-electron chi connectivity index (χ4n) is 2.73. The number of methoxy groups -OCH3 is 2. The molecule has 0 atom stereocenters. The maximum atomic E-state index is 12.6. The first-order valence-corrected chi connectivity index (χ1v) is 7.26. The van der Waals surface area contributed by atoms with Gasteiger partial charge < -0.3 is 14.4 Å². The monoisotopic (exact) mass is 311 g/mol. The number of ether oxygens (including phenoxy) is 2. The molecule has 5 heteroatoms. The molecule has 0 aliphatic carbocycles. The Bertz CT molecular complexity index is 769. The van der Waals surface area contributed by atoms with Crippen molar-refractivity contribution in [3.8, 4) is 11.5 Å². The zero-order valence-corrected chi connectivity index (χ0v) is 13.0. The van der Waals surface area contributed by atoms with Gasteiger partial charge in [0.15, 0.2) is 5.78 Å². The maximum Gasteiger partial charge on any atom is 0.254 e. The molecule has 0 fully saturated rings. The van der Waals surface area contributed by atoms with E-state index in [4.69, 9.17) is 9.47 Å². The number of hydrogen-bond acceptors (Lipinski definition) is 4. The number of amides is 1. The summed E-state index contributed by atoms with van der Waals surface area (Å²) in [6, 6.07) is 12.4. The zero-order valence-electron chi connectivity index (χ0n) is 13.0. The van der Waals surface area contributed by atoms with Crippen LogP contribution in [0, 0.1) is 0 Å². The normalized spacial score (nSPS) is 13.0. The average Bonchev–Trinajstić information content (AvgIpc) is 2.90. The van der Waals surface area contributed by atoms with Crippen molar-refractivity contribution in [2.75, 3.05) is 20.8 Å². The molecule has 5 nitrogen and oxygen atoms in total. The van der Waals surface area contributed by atoms with Crippen LogP contribution in [0.3, 0.4) is 0 Å². The number of carbonyl (C=O) groups excluding carboxylic acids is 2. The van der Waals surface area contributed by atoms with E-state index in [2.05, 4.69) is 0 Å². The van der Waals surface area contributed by atoms with Crippen molar-refractivity contribution >= 4 is 11.7 Å². The van der Waals surface area contributed by atoms with Crippen molar-refractivity contribution in [2.24, 2.45) is 0 Å². The molecule has 0 saturated carbocycles. The molecule has 1 aliphatic rings. The molecular weight excluding hydrogens is 294 g/mol. The van der Waals surface area contributed by atoms with E-state index < -0.39 is 0 Å². The minimum absolute atomic E-state index is 0.0240. The second-order valence-electron chi connectivity index (χ2n) is 5.31. The van der Waals surface area contributed by atoms with Crippen LogP contribution in [0.5, 0.6) is 11.5 Å². The van der Waals surface area contributed by atoms with E-state index in [-0.39, 0.29) is 18.2 Å². The SMILES string of the molecule is COc1ccc(C(=O)CN2Cc3ccccc3C2=O)c(OC)c1. The van der Waals surface area contributed by atoms with Crippen LogP contribution in [-0.2, 0) is 6.54 Å². The van der Waals surface area contributed by atoms with Crippen LogP contribution in [0.1, 0.15) is 26.3 Å². The van der Waals surface area contributed by atoms with Crippen molar-refractivity contribution in [3.63, 3.8) is 0 Å². The summed E-state index contributed by atoms with van der Waals surface area (Å²) in [4.78, 5) is 26.5. The third-order valence-corrected chi connectivity index (χ3v) is 3.94. The second-order valence-corrected chi connectivity index (χ2v) is 5.31. The van der Waals surface area contributed by atoms with Gasteiger partial charge in [-0.05, 0) is 23.8 Å². The minimum Gasteiger partial charge on any atom is -0.497 e. The van der Waals surface area contributed by atoms with Gasteiger partial charge in [0.1, 0.15) is 11.5 Å². The first-order valence-electron chi connectivity index (χ1n) is 7.26. The molecule has 0 bridgehead atoms. The highest BCUT2D eigenvalue weighted by molar-refractivity contribution is 6.05. The Morgan fingerprint density at radius 3 is 2.61 bits per heavy atom. The molecule has 0 N–H and O–H groups in total. The Kier molecular flexibility index (Phi) is 4.02. The number of nitrogens with zero attached hydrogens (tertiary/aromatic N) is 1. The summed E-state index contributed by atoms with van der Waals surface area (Å²) in [7, 11) is 3.05. The van der Waals surface area contributed by atoms with Gasteiger partial charge in [0.05, 0.1) is 26.3 Å². The topological polar surface area (TPSA) is 55.8 Å². The summed E-state index contributed by atoms with van der Waals surface area (Å²) < 4.78 is 10.4. The zero-order chi connectivity index (χ0) is 16.4. The maximum absolute atomic E-state index is 12.6. The molecule has 23 heavy (non-hydrogen) atoms. The molecule has 3 rings (SSSR count). The van der Waals surface area contributed by atoms with Gasteiger partial charge in [-0.25, -0.2) is 0 Å². The van der Waals surface area contributed by atoms with Crippen LogP contribution < -0.4 is 9.47 Å². The number of rotatable bonds is 5. The molecular formula is C18H17NO4. The summed E-state index contributed by atoms with van der Waals surface area (Å²) in [5, 5.41) is 0. The Morgan fingerprint density at radius 1 is 1.13 bits per heavy atom. The fourth-order valence-corrected chi connectivity index (χ4v) is 2.73. The molecule has 1 heterocycles. The van der Waals surface area contributed by atoms with Gasteiger partial charge in [-0.3, -0.25) is 9.59 Å². The molecule has 0 spiro atoms. The number of Topliss-reactive ketones (excluding diaryl/α,β-unsaturated/α-hetero) is 1. The van der Waals surface area contributed by atoms with E-state index >= 15 is 0 Å². The van der Waals surface area contributed by atoms with Crippen LogP contribution >= 0.6 is 0 Å². The highest BCUT2D eigenvalue weighted by Gasteiger charge is 2.29. The van der Waals surface area contributed by atoms with Gasteiger partial charge in [0.25, 0.3) is 5.91 Å². The molecule has 0 saturated heterocycles. The van der Waals surface area contributed by atoms with E-state index in [1.807, 2.05) is 18.2 Å². The number of ketones is 1. The van der Waals surface area contributed by atoms with Gasteiger partial charge in [-0.2, -0.15) is 0 Å². The molecule has 2 aromatic carbocycles.